The highest BCUT2D eigenvalue weighted by Crippen LogP contribution is 2.21. The average Bonchev–Trinajstić information content (AvgIpc) is 3.19. The first-order valence-corrected chi connectivity index (χ1v) is 8.44. The Balaban J connectivity index is 1.79. The predicted octanol–water partition coefficient (Wildman–Crippen LogP) is 3.03. The molecule has 0 spiro atoms. The second kappa shape index (κ2) is 7.31. The zero-order valence-electron chi connectivity index (χ0n) is 13.4. The average molecular weight is 343 g/mol. The molecule has 124 valence electrons. The molecule has 0 fully saturated rings. The number of rotatable bonds is 6. The molecule has 1 aromatic carbocycles. The predicted molar refractivity (Wildman–Crippen MR) is 90.1 cm³/mol. The molecule has 0 aliphatic carbocycles. The van der Waals surface area contributed by atoms with E-state index in [1.807, 2.05) is 31.2 Å². The SMILES string of the molecule is CCCc1nnsc1C(=O)Nc1ccccc1Cc1nc(C)no1. The molecule has 3 aromatic rings. The molecule has 0 saturated heterocycles. The van der Waals surface area contributed by atoms with Crippen LogP contribution in [0.1, 0.15) is 46.0 Å². The summed E-state index contributed by atoms with van der Waals surface area (Å²) in [5.74, 6) is 0.911. The van der Waals surface area contributed by atoms with Crippen molar-refractivity contribution in [3.05, 3.63) is 52.1 Å². The molecular formula is C16H17N5O2S. The van der Waals surface area contributed by atoms with Gasteiger partial charge in [0.1, 0.15) is 4.88 Å². The Morgan fingerprint density at radius 3 is 2.92 bits per heavy atom. The number of carbonyl (C=O) groups excluding carboxylic acids is 1. The standard InChI is InChI=1S/C16H17N5O2S/c1-3-6-13-15(24-21-19-13)16(22)18-12-8-5-4-7-11(12)9-14-17-10(2)20-23-14/h4-5,7-8H,3,6,9H2,1-2H3,(H,18,22). The van der Waals surface area contributed by atoms with E-state index in [1.165, 1.54) is 0 Å². The van der Waals surface area contributed by atoms with Gasteiger partial charge in [0.05, 0.1) is 12.1 Å². The molecule has 7 nitrogen and oxygen atoms in total. The Hall–Kier alpha value is -2.61. The lowest BCUT2D eigenvalue weighted by atomic mass is 10.1. The molecule has 1 N–H and O–H groups in total. The molecule has 1 amide bonds. The number of aromatic nitrogens is 4. The minimum absolute atomic E-state index is 0.192. The van der Waals surface area contributed by atoms with Gasteiger partial charge < -0.3 is 9.84 Å². The maximum atomic E-state index is 12.5. The quantitative estimate of drug-likeness (QED) is 0.739. The largest absolute Gasteiger partial charge is 0.339 e. The van der Waals surface area contributed by atoms with Crippen molar-refractivity contribution < 1.29 is 9.32 Å². The van der Waals surface area contributed by atoms with Gasteiger partial charge in [-0.25, -0.2) is 0 Å². The van der Waals surface area contributed by atoms with Gasteiger partial charge >= 0.3 is 0 Å². The van der Waals surface area contributed by atoms with Crippen LogP contribution in [0, 0.1) is 6.92 Å². The second-order valence-electron chi connectivity index (χ2n) is 5.32. The van der Waals surface area contributed by atoms with Crippen molar-refractivity contribution in [1.82, 2.24) is 19.7 Å². The van der Waals surface area contributed by atoms with E-state index in [-0.39, 0.29) is 5.91 Å². The summed E-state index contributed by atoms with van der Waals surface area (Å²) in [6.07, 6.45) is 2.11. The minimum Gasteiger partial charge on any atom is -0.339 e. The molecule has 0 bridgehead atoms. The van der Waals surface area contributed by atoms with Crippen molar-refractivity contribution in [2.24, 2.45) is 0 Å². The van der Waals surface area contributed by atoms with Crippen molar-refractivity contribution in [2.45, 2.75) is 33.1 Å². The number of amides is 1. The molecular weight excluding hydrogens is 326 g/mol. The van der Waals surface area contributed by atoms with Crippen LogP contribution in [-0.2, 0) is 12.8 Å². The number of hydrogen-bond donors (Lipinski definition) is 1. The molecule has 0 atom stereocenters. The molecule has 0 aliphatic rings. The van der Waals surface area contributed by atoms with Gasteiger partial charge in [-0.3, -0.25) is 4.79 Å². The first kappa shape index (κ1) is 16.3. The van der Waals surface area contributed by atoms with Crippen molar-refractivity contribution in [2.75, 3.05) is 5.32 Å². The van der Waals surface area contributed by atoms with Crippen molar-refractivity contribution >= 4 is 23.1 Å². The maximum Gasteiger partial charge on any atom is 0.269 e. The molecule has 0 aliphatic heterocycles. The van der Waals surface area contributed by atoms with Crippen LogP contribution >= 0.6 is 11.5 Å². The van der Waals surface area contributed by atoms with Gasteiger partial charge in [0, 0.05) is 5.69 Å². The van der Waals surface area contributed by atoms with Crippen molar-refractivity contribution in [3.63, 3.8) is 0 Å². The van der Waals surface area contributed by atoms with E-state index in [1.54, 1.807) is 6.92 Å². The first-order chi connectivity index (χ1) is 11.7. The Labute approximate surface area is 143 Å². The van der Waals surface area contributed by atoms with Gasteiger partial charge in [0.15, 0.2) is 5.82 Å². The third-order valence-electron chi connectivity index (χ3n) is 3.43. The van der Waals surface area contributed by atoms with Gasteiger partial charge in [0.2, 0.25) is 5.89 Å². The fourth-order valence-corrected chi connectivity index (χ4v) is 2.93. The Kier molecular flexibility index (Phi) is 4.95. The summed E-state index contributed by atoms with van der Waals surface area (Å²) in [5.41, 5.74) is 2.36. The molecule has 2 heterocycles. The highest BCUT2D eigenvalue weighted by molar-refractivity contribution is 7.08. The van der Waals surface area contributed by atoms with Crippen LogP contribution in [0.25, 0.3) is 0 Å². The molecule has 8 heteroatoms. The van der Waals surface area contributed by atoms with E-state index in [9.17, 15) is 4.79 Å². The Bertz CT molecular complexity index is 842. The monoisotopic (exact) mass is 343 g/mol. The van der Waals surface area contributed by atoms with Crippen molar-refractivity contribution in [1.29, 1.82) is 0 Å². The van der Waals surface area contributed by atoms with Gasteiger partial charge in [-0.2, -0.15) is 4.98 Å². The van der Waals surface area contributed by atoms with Gasteiger partial charge in [0.25, 0.3) is 5.91 Å². The fraction of sp³-hybridized carbons (Fsp3) is 0.312. The zero-order chi connectivity index (χ0) is 16.9. The summed E-state index contributed by atoms with van der Waals surface area (Å²) in [5, 5.41) is 10.8. The topological polar surface area (TPSA) is 93.8 Å². The summed E-state index contributed by atoms with van der Waals surface area (Å²) in [7, 11) is 0. The highest BCUT2D eigenvalue weighted by Gasteiger charge is 2.17. The first-order valence-electron chi connectivity index (χ1n) is 7.67. The van der Waals surface area contributed by atoms with Gasteiger partial charge in [-0.15, -0.1) is 5.10 Å². The maximum absolute atomic E-state index is 12.5. The lowest BCUT2D eigenvalue weighted by Crippen LogP contribution is -2.14. The number of para-hydroxylation sites is 1. The van der Waals surface area contributed by atoms with Crippen LogP contribution in [0.4, 0.5) is 5.69 Å². The van der Waals surface area contributed by atoms with E-state index < -0.39 is 0 Å². The van der Waals surface area contributed by atoms with Crippen LogP contribution in [0.5, 0.6) is 0 Å². The van der Waals surface area contributed by atoms with E-state index in [0.29, 0.717) is 28.7 Å². The number of benzene rings is 1. The number of carbonyl (C=O) groups is 1. The van der Waals surface area contributed by atoms with Crippen LogP contribution in [-0.4, -0.2) is 25.6 Å². The molecule has 24 heavy (non-hydrogen) atoms. The number of hydrogen-bond acceptors (Lipinski definition) is 7. The molecule has 3 rings (SSSR count). The van der Waals surface area contributed by atoms with Crippen LogP contribution in [0.2, 0.25) is 0 Å². The second-order valence-corrected chi connectivity index (χ2v) is 6.08. The van der Waals surface area contributed by atoms with Crippen molar-refractivity contribution in [3.8, 4) is 0 Å². The molecule has 2 aromatic heterocycles. The summed E-state index contributed by atoms with van der Waals surface area (Å²) < 4.78 is 9.05. The molecule has 0 unspecified atom stereocenters. The number of nitrogens with zero attached hydrogens (tertiary/aromatic N) is 4. The zero-order valence-corrected chi connectivity index (χ0v) is 14.3. The highest BCUT2D eigenvalue weighted by atomic mass is 32.1. The molecule has 0 saturated carbocycles. The lowest BCUT2D eigenvalue weighted by molar-refractivity contribution is 0.102. The number of nitrogens with one attached hydrogen (secondary N) is 1. The fourth-order valence-electron chi connectivity index (χ4n) is 2.33. The Morgan fingerprint density at radius 2 is 2.17 bits per heavy atom. The number of aryl methyl sites for hydroxylation is 2. The van der Waals surface area contributed by atoms with E-state index >= 15 is 0 Å². The third kappa shape index (κ3) is 3.65. The van der Waals surface area contributed by atoms with Crippen LogP contribution < -0.4 is 5.32 Å². The minimum atomic E-state index is -0.192. The van der Waals surface area contributed by atoms with E-state index in [4.69, 9.17) is 4.52 Å². The normalized spacial score (nSPS) is 10.8. The Morgan fingerprint density at radius 1 is 1.33 bits per heavy atom. The lowest BCUT2D eigenvalue weighted by Gasteiger charge is -2.09. The summed E-state index contributed by atoms with van der Waals surface area (Å²) in [4.78, 5) is 17.3. The van der Waals surface area contributed by atoms with Crippen LogP contribution in [0.15, 0.2) is 28.8 Å². The van der Waals surface area contributed by atoms with E-state index in [2.05, 4.69) is 25.0 Å². The number of anilines is 1. The summed E-state index contributed by atoms with van der Waals surface area (Å²) in [6.45, 7) is 3.81. The third-order valence-corrected chi connectivity index (χ3v) is 4.19. The van der Waals surface area contributed by atoms with Crippen LogP contribution in [0.3, 0.4) is 0 Å². The summed E-state index contributed by atoms with van der Waals surface area (Å²) in [6, 6.07) is 7.55. The van der Waals surface area contributed by atoms with Gasteiger partial charge in [-0.05, 0) is 36.5 Å². The molecule has 0 radical (unpaired) electrons. The van der Waals surface area contributed by atoms with E-state index in [0.717, 1.165) is 35.6 Å². The smallest absolute Gasteiger partial charge is 0.269 e. The van der Waals surface area contributed by atoms with Gasteiger partial charge in [-0.1, -0.05) is 41.2 Å². The summed E-state index contributed by atoms with van der Waals surface area (Å²) >= 11 is 1.12.